The van der Waals surface area contributed by atoms with Gasteiger partial charge in [0, 0.05) is 25.3 Å². The van der Waals surface area contributed by atoms with Crippen molar-refractivity contribution in [3.63, 3.8) is 0 Å². The van der Waals surface area contributed by atoms with Crippen LogP contribution in [0.1, 0.15) is 26.0 Å². The quantitative estimate of drug-likeness (QED) is 0.754. The molecule has 0 radical (unpaired) electrons. The van der Waals surface area contributed by atoms with Crippen molar-refractivity contribution in [2.24, 2.45) is 5.92 Å². The van der Waals surface area contributed by atoms with Gasteiger partial charge in [-0.25, -0.2) is 13.1 Å². The van der Waals surface area contributed by atoms with Gasteiger partial charge in [-0.3, -0.25) is 0 Å². The van der Waals surface area contributed by atoms with Crippen molar-refractivity contribution in [3.8, 4) is 0 Å². The fourth-order valence-electron chi connectivity index (χ4n) is 2.02. The summed E-state index contributed by atoms with van der Waals surface area (Å²) in [5, 5.41) is 3.18. The number of furan rings is 1. The Morgan fingerprint density at radius 2 is 2.24 bits per heavy atom. The van der Waals surface area contributed by atoms with E-state index >= 15 is 0 Å². The van der Waals surface area contributed by atoms with Crippen molar-refractivity contribution in [2.75, 3.05) is 19.8 Å². The Labute approximate surface area is 133 Å². The molecular formula is C13H21BrN2O4S. The SMILES string of the molecule is CC(C)NCc1cc(S(=O)(=O)NCC2CCOC2)c(Br)o1. The first-order chi connectivity index (χ1) is 9.88. The van der Waals surface area contributed by atoms with Gasteiger partial charge in [-0.05, 0) is 28.3 Å². The first kappa shape index (κ1) is 17.0. The summed E-state index contributed by atoms with van der Waals surface area (Å²) in [6, 6.07) is 1.85. The minimum absolute atomic E-state index is 0.141. The van der Waals surface area contributed by atoms with E-state index in [2.05, 4.69) is 26.0 Å². The fraction of sp³-hybridized carbons (Fsp3) is 0.692. The molecule has 1 aromatic heterocycles. The van der Waals surface area contributed by atoms with E-state index in [-0.39, 0.29) is 15.5 Å². The number of hydrogen-bond acceptors (Lipinski definition) is 5. The van der Waals surface area contributed by atoms with Gasteiger partial charge in [-0.15, -0.1) is 0 Å². The smallest absolute Gasteiger partial charge is 0.244 e. The molecule has 2 N–H and O–H groups in total. The van der Waals surface area contributed by atoms with E-state index in [4.69, 9.17) is 9.15 Å². The number of nitrogens with one attached hydrogen (secondary N) is 2. The lowest BCUT2D eigenvalue weighted by atomic mass is 10.1. The van der Waals surface area contributed by atoms with Crippen LogP contribution in [0.5, 0.6) is 0 Å². The van der Waals surface area contributed by atoms with Gasteiger partial charge >= 0.3 is 0 Å². The molecule has 0 aromatic carbocycles. The standard InChI is InChI=1S/C13H21BrN2O4S/c1-9(2)15-7-11-5-12(13(14)20-11)21(17,18)16-6-10-3-4-19-8-10/h5,9-10,15-16H,3-4,6-8H2,1-2H3. The van der Waals surface area contributed by atoms with Crippen LogP contribution in [0.2, 0.25) is 0 Å². The van der Waals surface area contributed by atoms with Gasteiger partial charge in [-0.1, -0.05) is 13.8 Å². The van der Waals surface area contributed by atoms with Gasteiger partial charge in [0.1, 0.15) is 10.7 Å². The normalized spacial score (nSPS) is 19.5. The average Bonchev–Trinajstić information content (AvgIpc) is 3.03. The van der Waals surface area contributed by atoms with Crippen molar-refractivity contribution in [1.29, 1.82) is 0 Å². The van der Waals surface area contributed by atoms with Crippen molar-refractivity contribution < 1.29 is 17.6 Å². The zero-order valence-electron chi connectivity index (χ0n) is 12.2. The lowest BCUT2D eigenvalue weighted by Crippen LogP contribution is -2.29. The van der Waals surface area contributed by atoms with Crippen LogP contribution >= 0.6 is 15.9 Å². The molecule has 21 heavy (non-hydrogen) atoms. The molecule has 0 amide bonds. The molecule has 2 heterocycles. The Morgan fingerprint density at radius 1 is 1.48 bits per heavy atom. The van der Waals surface area contributed by atoms with E-state index in [0.717, 1.165) is 6.42 Å². The monoisotopic (exact) mass is 380 g/mol. The van der Waals surface area contributed by atoms with Crippen LogP contribution in [-0.2, 0) is 21.3 Å². The van der Waals surface area contributed by atoms with Crippen LogP contribution in [0, 0.1) is 5.92 Å². The highest BCUT2D eigenvalue weighted by molar-refractivity contribution is 9.10. The molecule has 0 aliphatic carbocycles. The van der Waals surface area contributed by atoms with Crippen molar-refractivity contribution >= 4 is 26.0 Å². The molecule has 1 fully saturated rings. The minimum atomic E-state index is -3.57. The predicted molar refractivity (Wildman–Crippen MR) is 82.5 cm³/mol. The van der Waals surface area contributed by atoms with E-state index in [1.807, 2.05) is 13.8 Å². The molecule has 6 nitrogen and oxygen atoms in total. The Morgan fingerprint density at radius 3 is 2.86 bits per heavy atom. The summed E-state index contributed by atoms with van der Waals surface area (Å²) in [5.41, 5.74) is 0. The molecule has 1 atom stereocenters. The average molecular weight is 381 g/mol. The molecule has 2 rings (SSSR count). The van der Waals surface area contributed by atoms with Crippen molar-refractivity contribution in [3.05, 3.63) is 16.5 Å². The van der Waals surface area contributed by atoms with Crippen LogP contribution in [0.4, 0.5) is 0 Å². The highest BCUT2D eigenvalue weighted by Crippen LogP contribution is 2.26. The summed E-state index contributed by atoms with van der Waals surface area (Å²) >= 11 is 3.18. The second kappa shape index (κ2) is 7.23. The van der Waals surface area contributed by atoms with Gasteiger partial charge < -0.3 is 14.5 Å². The summed E-state index contributed by atoms with van der Waals surface area (Å²) in [5.74, 6) is 0.827. The van der Waals surface area contributed by atoms with Gasteiger partial charge in [-0.2, -0.15) is 0 Å². The Balaban J connectivity index is 2.01. The maximum absolute atomic E-state index is 12.3. The highest BCUT2D eigenvalue weighted by atomic mass is 79.9. The van der Waals surface area contributed by atoms with Gasteiger partial charge in [0.25, 0.3) is 0 Å². The topological polar surface area (TPSA) is 80.6 Å². The van der Waals surface area contributed by atoms with Gasteiger partial charge in [0.15, 0.2) is 4.67 Å². The fourth-order valence-corrected chi connectivity index (χ4v) is 4.13. The third kappa shape index (κ3) is 4.79. The number of hydrogen-bond donors (Lipinski definition) is 2. The van der Waals surface area contributed by atoms with E-state index in [9.17, 15) is 8.42 Å². The molecule has 1 aromatic rings. The second-order valence-electron chi connectivity index (χ2n) is 5.47. The predicted octanol–water partition coefficient (Wildman–Crippen LogP) is 1.85. The minimum Gasteiger partial charge on any atom is -0.452 e. The number of halogens is 1. The van der Waals surface area contributed by atoms with Crippen molar-refractivity contribution in [2.45, 2.75) is 37.8 Å². The highest BCUT2D eigenvalue weighted by Gasteiger charge is 2.24. The first-order valence-corrected chi connectivity index (χ1v) is 9.25. The molecule has 0 spiro atoms. The second-order valence-corrected chi connectivity index (χ2v) is 7.92. The maximum Gasteiger partial charge on any atom is 0.244 e. The van der Waals surface area contributed by atoms with Crippen molar-refractivity contribution in [1.82, 2.24) is 10.0 Å². The zero-order chi connectivity index (χ0) is 15.5. The lowest BCUT2D eigenvalue weighted by Gasteiger charge is -2.09. The Hall–Kier alpha value is -0.410. The molecule has 0 bridgehead atoms. The zero-order valence-corrected chi connectivity index (χ0v) is 14.6. The molecule has 120 valence electrons. The van der Waals surface area contributed by atoms with Crippen LogP contribution in [0.15, 0.2) is 20.0 Å². The third-order valence-corrected chi connectivity index (χ3v) is 5.55. The van der Waals surface area contributed by atoms with Gasteiger partial charge in [0.05, 0.1) is 13.2 Å². The molecule has 0 saturated carbocycles. The molecule has 1 saturated heterocycles. The van der Waals surface area contributed by atoms with Crippen LogP contribution < -0.4 is 10.0 Å². The Bertz CT molecular complexity index is 565. The van der Waals surface area contributed by atoms with E-state index < -0.39 is 10.0 Å². The van der Waals surface area contributed by atoms with E-state index in [1.54, 1.807) is 6.07 Å². The molecular weight excluding hydrogens is 360 g/mol. The number of sulfonamides is 1. The van der Waals surface area contributed by atoms with Crippen LogP contribution in [0.3, 0.4) is 0 Å². The number of rotatable bonds is 7. The summed E-state index contributed by atoms with van der Waals surface area (Å²) in [6.07, 6.45) is 0.888. The first-order valence-electron chi connectivity index (χ1n) is 6.97. The Kier molecular flexibility index (Phi) is 5.84. The maximum atomic E-state index is 12.3. The summed E-state index contributed by atoms with van der Waals surface area (Å²) in [4.78, 5) is 0.141. The summed E-state index contributed by atoms with van der Waals surface area (Å²) in [6.45, 7) is 6.22. The number of ether oxygens (including phenoxy) is 1. The molecule has 1 unspecified atom stereocenters. The largest absolute Gasteiger partial charge is 0.452 e. The third-order valence-electron chi connectivity index (χ3n) is 3.27. The van der Waals surface area contributed by atoms with E-state index in [1.165, 1.54) is 0 Å². The summed E-state index contributed by atoms with van der Waals surface area (Å²) < 4.78 is 38.1. The van der Waals surface area contributed by atoms with Crippen LogP contribution in [-0.4, -0.2) is 34.2 Å². The molecule has 1 aliphatic rings. The van der Waals surface area contributed by atoms with Gasteiger partial charge in [0.2, 0.25) is 10.0 Å². The molecule has 1 aliphatic heterocycles. The van der Waals surface area contributed by atoms with Crippen LogP contribution in [0.25, 0.3) is 0 Å². The van der Waals surface area contributed by atoms with E-state index in [0.29, 0.717) is 38.1 Å². The summed E-state index contributed by atoms with van der Waals surface area (Å²) in [7, 11) is -3.57. The lowest BCUT2D eigenvalue weighted by molar-refractivity contribution is 0.186. The molecule has 8 heteroatoms.